The Morgan fingerprint density at radius 1 is 1.11 bits per heavy atom. The van der Waals surface area contributed by atoms with Gasteiger partial charge >= 0.3 is 0 Å². The number of aromatic nitrogens is 5. The van der Waals surface area contributed by atoms with Crippen molar-refractivity contribution in [3.63, 3.8) is 0 Å². The van der Waals surface area contributed by atoms with E-state index in [1.165, 1.54) is 37.7 Å². The molecular weight excluding hydrogens is 448 g/mol. The molecular formula is C29H40N6O. The van der Waals surface area contributed by atoms with Crippen LogP contribution in [-0.2, 0) is 6.61 Å². The minimum Gasteiger partial charge on any atom is -0.388 e. The quantitative estimate of drug-likeness (QED) is 0.381. The van der Waals surface area contributed by atoms with Crippen molar-refractivity contribution in [1.29, 1.82) is 0 Å². The fourth-order valence-corrected chi connectivity index (χ4v) is 5.63. The number of aliphatic hydroxyl groups is 1. The summed E-state index contributed by atoms with van der Waals surface area (Å²) in [4.78, 5) is 19.1. The van der Waals surface area contributed by atoms with Crippen molar-refractivity contribution in [2.45, 2.75) is 91.2 Å². The maximum atomic E-state index is 9.93. The molecule has 3 aromatic heterocycles. The molecule has 0 amide bonds. The van der Waals surface area contributed by atoms with Crippen molar-refractivity contribution < 1.29 is 5.11 Å². The summed E-state index contributed by atoms with van der Waals surface area (Å²) in [5, 5.41) is 13.6. The van der Waals surface area contributed by atoms with Gasteiger partial charge in [-0.05, 0) is 74.0 Å². The topological polar surface area (TPSA) is 88.8 Å². The first-order valence-corrected chi connectivity index (χ1v) is 13.7. The molecule has 2 saturated carbocycles. The number of pyridine rings is 1. The molecule has 7 heteroatoms. The van der Waals surface area contributed by atoms with Crippen molar-refractivity contribution >= 4 is 22.7 Å². The van der Waals surface area contributed by atoms with Gasteiger partial charge in [-0.3, -0.25) is 9.55 Å². The van der Waals surface area contributed by atoms with Crippen LogP contribution in [0.15, 0.2) is 24.9 Å². The summed E-state index contributed by atoms with van der Waals surface area (Å²) < 4.78 is 2.17. The number of aliphatic hydroxyl groups excluding tert-OH is 1. The van der Waals surface area contributed by atoms with Crippen LogP contribution in [-0.4, -0.2) is 35.7 Å². The first-order valence-electron chi connectivity index (χ1n) is 13.7. The summed E-state index contributed by atoms with van der Waals surface area (Å²) in [7, 11) is 0. The molecule has 36 heavy (non-hydrogen) atoms. The number of allylic oxidation sites excluding steroid dienone is 1. The van der Waals surface area contributed by atoms with E-state index in [4.69, 9.17) is 15.0 Å². The first kappa shape index (κ1) is 24.9. The smallest absolute Gasteiger partial charge is 0.184 e. The van der Waals surface area contributed by atoms with Crippen LogP contribution in [0.4, 0.5) is 5.82 Å². The Morgan fingerprint density at radius 3 is 2.50 bits per heavy atom. The van der Waals surface area contributed by atoms with Crippen molar-refractivity contribution in [3.05, 3.63) is 36.3 Å². The lowest BCUT2D eigenvalue weighted by Gasteiger charge is -2.32. The maximum absolute atomic E-state index is 9.93. The van der Waals surface area contributed by atoms with Gasteiger partial charge in [-0.15, -0.1) is 0 Å². The molecule has 0 saturated heterocycles. The molecule has 3 aromatic rings. The summed E-state index contributed by atoms with van der Waals surface area (Å²) in [5.74, 6) is 4.01. The van der Waals surface area contributed by atoms with E-state index in [2.05, 4.69) is 61.3 Å². The molecule has 192 valence electrons. The fraction of sp³-hybridized carbons (Fsp3) is 0.586. The van der Waals surface area contributed by atoms with Crippen LogP contribution in [0.2, 0.25) is 0 Å². The Labute approximate surface area is 214 Å². The van der Waals surface area contributed by atoms with Gasteiger partial charge in [-0.2, -0.15) is 0 Å². The summed E-state index contributed by atoms with van der Waals surface area (Å²) >= 11 is 0. The molecule has 2 aliphatic rings. The van der Waals surface area contributed by atoms with Crippen LogP contribution in [0.1, 0.15) is 89.9 Å². The molecule has 3 heterocycles. The number of hydrogen-bond donors (Lipinski definition) is 2. The van der Waals surface area contributed by atoms with E-state index < -0.39 is 0 Å². The molecule has 0 aliphatic heterocycles. The summed E-state index contributed by atoms with van der Waals surface area (Å²) in [6.45, 7) is 13.3. The van der Waals surface area contributed by atoms with E-state index in [0.29, 0.717) is 29.2 Å². The number of nitrogens with zero attached hydrogens (tertiary/aromatic N) is 5. The molecule has 0 aromatic carbocycles. The van der Waals surface area contributed by atoms with Gasteiger partial charge in [0.25, 0.3) is 0 Å². The molecule has 2 aliphatic carbocycles. The van der Waals surface area contributed by atoms with Gasteiger partial charge in [0.2, 0.25) is 0 Å². The van der Waals surface area contributed by atoms with Gasteiger partial charge < -0.3 is 10.4 Å². The monoisotopic (exact) mass is 488 g/mol. The zero-order valence-corrected chi connectivity index (χ0v) is 22.2. The molecule has 0 radical (unpaired) electrons. The third kappa shape index (κ3) is 4.77. The summed E-state index contributed by atoms with van der Waals surface area (Å²) in [6, 6.07) is 4.47. The van der Waals surface area contributed by atoms with E-state index in [9.17, 15) is 5.11 Å². The standard InChI is InChI=1S/C29H40N6O/c1-17(2)23-13-14-30-24(15-23)29-34-28-26(35(29)20(5)22-11-9-18(3)10-12-22)27(32-25(16-36)33-28)31-19(4)21-7-6-8-21/h13-15,17-19,21-22,36H,5-12,16H2,1-4H3,(H,31,32,33)/t18?,19-,22?/m1/s1. The molecule has 0 spiro atoms. The normalized spacial score (nSPS) is 21.5. The van der Waals surface area contributed by atoms with Gasteiger partial charge in [0.05, 0.1) is 0 Å². The van der Waals surface area contributed by atoms with Gasteiger partial charge in [0.1, 0.15) is 17.8 Å². The number of imidazole rings is 1. The van der Waals surface area contributed by atoms with Crippen LogP contribution in [0, 0.1) is 17.8 Å². The molecule has 0 unspecified atom stereocenters. The highest BCUT2D eigenvalue weighted by Crippen LogP contribution is 2.40. The second-order valence-electron chi connectivity index (χ2n) is 11.3. The minimum atomic E-state index is -0.229. The Kier molecular flexibility index (Phi) is 7.11. The lowest BCUT2D eigenvalue weighted by molar-refractivity contribution is 0.271. The molecule has 1 atom stereocenters. The van der Waals surface area contributed by atoms with Crippen LogP contribution in [0.25, 0.3) is 28.4 Å². The Bertz CT molecular complexity index is 1240. The highest BCUT2D eigenvalue weighted by molar-refractivity contribution is 5.90. The lowest BCUT2D eigenvalue weighted by atomic mass is 9.80. The van der Waals surface area contributed by atoms with Crippen LogP contribution in [0.3, 0.4) is 0 Å². The van der Waals surface area contributed by atoms with Gasteiger partial charge in [-0.25, -0.2) is 15.0 Å². The van der Waals surface area contributed by atoms with E-state index in [0.717, 1.165) is 47.3 Å². The third-order valence-corrected chi connectivity index (χ3v) is 8.38. The number of nitrogens with one attached hydrogen (secondary N) is 1. The van der Waals surface area contributed by atoms with Gasteiger partial charge in [0.15, 0.2) is 23.1 Å². The van der Waals surface area contributed by atoms with Crippen LogP contribution < -0.4 is 5.32 Å². The first-order chi connectivity index (χ1) is 17.4. The average molecular weight is 489 g/mol. The molecule has 5 rings (SSSR count). The van der Waals surface area contributed by atoms with Crippen molar-refractivity contribution in [3.8, 4) is 11.5 Å². The maximum Gasteiger partial charge on any atom is 0.184 e. The zero-order chi connectivity index (χ0) is 25.4. The molecule has 7 nitrogen and oxygen atoms in total. The summed E-state index contributed by atoms with van der Waals surface area (Å²) in [6.07, 6.45) is 10.3. The van der Waals surface area contributed by atoms with Gasteiger partial charge in [-0.1, -0.05) is 46.6 Å². The Hall–Kier alpha value is -2.80. The van der Waals surface area contributed by atoms with E-state index >= 15 is 0 Å². The minimum absolute atomic E-state index is 0.229. The second kappa shape index (κ2) is 10.3. The van der Waals surface area contributed by atoms with E-state index in [-0.39, 0.29) is 12.6 Å². The lowest BCUT2D eigenvalue weighted by Crippen LogP contribution is -2.31. The van der Waals surface area contributed by atoms with Crippen LogP contribution >= 0.6 is 0 Å². The van der Waals surface area contributed by atoms with E-state index in [1.807, 2.05) is 6.20 Å². The average Bonchev–Trinajstić information content (AvgIpc) is 3.22. The second-order valence-corrected chi connectivity index (χ2v) is 11.3. The Balaban J connectivity index is 1.68. The SMILES string of the molecule is C=C(C1CCC(C)CC1)n1c(-c2cc(C(C)C)ccn2)nc2nc(CO)nc(N[C@H](C)C3CCC3)c21. The van der Waals surface area contributed by atoms with Crippen molar-refractivity contribution in [2.75, 3.05) is 5.32 Å². The predicted molar refractivity (Wildman–Crippen MR) is 145 cm³/mol. The molecule has 2 fully saturated rings. The highest BCUT2D eigenvalue weighted by atomic mass is 16.3. The predicted octanol–water partition coefficient (Wildman–Crippen LogP) is 6.40. The summed E-state index contributed by atoms with van der Waals surface area (Å²) in [5.41, 5.74) is 4.49. The number of hydrogen-bond acceptors (Lipinski definition) is 6. The highest BCUT2D eigenvalue weighted by Gasteiger charge is 2.30. The van der Waals surface area contributed by atoms with Crippen molar-refractivity contribution in [1.82, 2.24) is 24.5 Å². The third-order valence-electron chi connectivity index (χ3n) is 8.38. The fourth-order valence-electron chi connectivity index (χ4n) is 5.63. The van der Waals surface area contributed by atoms with Crippen molar-refractivity contribution in [2.24, 2.45) is 17.8 Å². The Morgan fingerprint density at radius 2 is 1.86 bits per heavy atom. The number of fused-ring (bicyclic) bond motifs is 1. The molecule has 2 N–H and O–H groups in total. The number of rotatable bonds is 8. The number of anilines is 1. The molecule has 0 bridgehead atoms. The zero-order valence-electron chi connectivity index (χ0n) is 22.2. The van der Waals surface area contributed by atoms with Gasteiger partial charge in [0, 0.05) is 17.9 Å². The van der Waals surface area contributed by atoms with E-state index in [1.54, 1.807) is 0 Å². The van der Waals surface area contributed by atoms with Crippen LogP contribution in [0.5, 0.6) is 0 Å². The largest absolute Gasteiger partial charge is 0.388 e.